The summed E-state index contributed by atoms with van der Waals surface area (Å²) in [5.74, 6) is 0. The summed E-state index contributed by atoms with van der Waals surface area (Å²) in [5.41, 5.74) is 5.58. The monoisotopic (exact) mass is 247 g/mol. The molecule has 0 atom stereocenters. The molecule has 0 radical (unpaired) electrons. The number of nitrogens with two attached hydrogens (primary N) is 1. The minimum Gasteiger partial charge on any atom is -0.393 e. The second-order valence-corrected chi connectivity index (χ2v) is 5.02. The van der Waals surface area contributed by atoms with Gasteiger partial charge in [-0.25, -0.2) is 0 Å². The fraction of sp³-hybridized carbons (Fsp3) is 0.917. The van der Waals surface area contributed by atoms with Crippen LogP contribution in [-0.2, 0) is 9.47 Å². The van der Waals surface area contributed by atoms with Gasteiger partial charge in [-0.15, -0.1) is 0 Å². The van der Waals surface area contributed by atoms with Crippen molar-refractivity contribution in [1.82, 2.24) is 0 Å². The van der Waals surface area contributed by atoms with E-state index in [1.807, 2.05) is 0 Å². The summed E-state index contributed by atoms with van der Waals surface area (Å²) in [6.07, 6.45) is 3.01. The summed E-state index contributed by atoms with van der Waals surface area (Å²) in [6, 6.07) is 0. The smallest absolute Gasteiger partial charge is 0.0784 e. The van der Waals surface area contributed by atoms with E-state index in [4.69, 9.17) is 27.4 Å². The van der Waals surface area contributed by atoms with Gasteiger partial charge in [0.2, 0.25) is 0 Å². The van der Waals surface area contributed by atoms with Crippen LogP contribution in [0, 0.1) is 5.41 Å². The van der Waals surface area contributed by atoms with E-state index in [1.54, 1.807) is 0 Å². The van der Waals surface area contributed by atoms with E-state index in [-0.39, 0.29) is 5.41 Å². The molecule has 0 spiro atoms. The van der Waals surface area contributed by atoms with Gasteiger partial charge in [0.1, 0.15) is 0 Å². The van der Waals surface area contributed by atoms with Crippen molar-refractivity contribution in [2.45, 2.75) is 40.0 Å². The van der Waals surface area contributed by atoms with Crippen LogP contribution in [0.2, 0.25) is 0 Å². The average molecular weight is 247 g/mol. The predicted octanol–water partition coefficient (Wildman–Crippen LogP) is 2.52. The normalized spacial score (nSPS) is 11.7. The third-order valence-electron chi connectivity index (χ3n) is 2.48. The van der Waals surface area contributed by atoms with Crippen LogP contribution in [0.25, 0.3) is 0 Å². The number of thiocarbonyl (C=S) groups is 1. The van der Waals surface area contributed by atoms with Crippen molar-refractivity contribution in [3.8, 4) is 0 Å². The van der Waals surface area contributed by atoms with Crippen molar-refractivity contribution in [3.63, 3.8) is 0 Å². The Morgan fingerprint density at radius 1 is 1.12 bits per heavy atom. The maximum Gasteiger partial charge on any atom is 0.0784 e. The number of hydrogen-bond donors (Lipinski definition) is 1. The fourth-order valence-electron chi connectivity index (χ4n) is 1.21. The molecule has 2 N–H and O–H groups in total. The summed E-state index contributed by atoms with van der Waals surface area (Å²) in [4.78, 5) is 0.582. The molecular weight excluding hydrogens is 222 g/mol. The van der Waals surface area contributed by atoms with Crippen molar-refractivity contribution in [1.29, 1.82) is 0 Å². The maximum atomic E-state index is 5.64. The summed E-state index contributed by atoms with van der Waals surface area (Å²) in [5, 5.41) is 0. The van der Waals surface area contributed by atoms with Crippen LogP contribution in [0.1, 0.15) is 40.0 Å². The molecule has 0 saturated carbocycles. The summed E-state index contributed by atoms with van der Waals surface area (Å²) < 4.78 is 10.7. The zero-order chi connectivity index (χ0) is 12.4. The van der Waals surface area contributed by atoms with Gasteiger partial charge in [-0.2, -0.15) is 0 Å². The Morgan fingerprint density at radius 3 is 2.19 bits per heavy atom. The Balaban J connectivity index is 3.30. The lowest BCUT2D eigenvalue weighted by molar-refractivity contribution is 0.0453. The van der Waals surface area contributed by atoms with Crippen molar-refractivity contribution < 1.29 is 9.47 Å². The molecule has 96 valence electrons. The minimum absolute atomic E-state index is 0.0581. The van der Waals surface area contributed by atoms with Crippen LogP contribution in [0.4, 0.5) is 0 Å². The Bertz CT molecular complexity index is 195. The van der Waals surface area contributed by atoms with Gasteiger partial charge in [0.05, 0.1) is 18.2 Å². The van der Waals surface area contributed by atoms with Crippen LogP contribution in [0.3, 0.4) is 0 Å². The summed E-state index contributed by atoms with van der Waals surface area (Å²) in [6.45, 7) is 9.16. The van der Waals surface area contributed by atoms with Crippen molar-refractivity contribution >= 4 is 17.2 Å². The van der Waals surface area contributed by atoms with Crippen LogP contribution in [0.5, 0.6) is 0 Å². The number of hydrogen-bond acceptors (Lipinski definition) is 3. The average Bonchev–Trinajstić information content (AvgIpc) is 2.21. The van der Waals surface area contributed by atoms with Crippen LogP contribution in [0.15, 0.2) is 0 Å². The number of ether oxygens (including phenoxy) is 2. The van der Waals surface area contributed by atoms with E-state index in [9.17, 15) is 0 Å². The Hall–Kier alpha value is -0.190. The van der Waals surface area contributed by atoms with E-state index < -0.39 is 0 Å². The first-order valence-corrected chi connectivity index (χ1v) is 6.37. The zero-order valence-corrected chi connectivity index (χ0v) is 11.6. The molecule has 0 bridgehead atoms. The lowest BCUT2D eigenvalue weighted by Crippen LogP contribution is -2.29. The van der Waals surface area contributed by atoms with E-state index >= 15 is 0 Å². The molecule has 16 heavy (non-hydrogen) atoms. The molecule has 0 aromatic carbocycles. The van der Waals surface area contributed by atoms with E-state index in [0.29, 0.717) is 18.2 Å². The minimum atomic E-state index is -0.0581. The molecule has 0 rings (SSSR count). The maximum absolute atomic E-state index is 5.64. The first-order chi connectivity index (χ1) is 7.50. The first kappa shape index (κ1) is 15.8. The van der Waals surface area contributed by atoms with Gasteiger partial charge in [0.25, 0.3) is 0 Å². The second-order valence-electron chi connectivity index (χ2n) is 4.58. The molecule has 0 aliphatic heterocycles. The van der Waals surface area contributed by atoms with E-state index in [1.165, 1.54) is 0 Å². The second kappa shape index (κ2) is 8.90. The lowest BCUT2D eigenvalue weighted by atomic mass is 9.88. The molecule has 0 heterocycles. The predicted molar refractivity (Wildman–Crippen MR) is 71.7 cm³/mol. The van der Waals surface area contributed by atoms with Gasteiger partial charge in [0, 0.05) is 18.6 Å². The Kier molecular flexibility index (Phi) is 8.80. The van der Waals surface area contributed by atoms with E-state index in [0.717, 1.165) is 32.5 Å². The Labute approximate surface area is 105 Å². The topological polar surface area (TPSA) is 44.5 Å². The highest BCUT2D eigenvalue weighted by atomic mass is 32.1. The van der Waals surface area contributed by atoms with Crippen LogP contribution >= 0.6 is 12.2 Å². The lowest BCUT2D eigenvalue weighted by Gasteiger charge is -2.22. The summed E-state index contributed by atoms with van der Waals surface area (Å²) >= 11 is 5.00. The van der Waals surface area contributed by atoms with Gasteiger partial charge in [-0.1, -0.05) is 33.0 Å². The van der Waals surface area contributed by atoms with Crippen LogP contribution in [-0.4, -0.2) is 31.4 Å². The number of rotatable bonds is 10. The molecule has 0 aliphatic rings. The molecule has 0 fully saturated rings. The molecule has 0 saturated heterocycles. The third kappa shape index (κ3) is 8.02. The largest absolute Gasteiger partial charge is 0.393 e. The third-order valence-corrected chi connectivity index (χ3v) is 3.03. The SMILES string of the molecule is CCCOCCOCCCC(C)(C)C(N)=S. The fourth-order valence-corrected chi connectivity index (χ4v) is 1.31. The highest BCUT2D eigenvalue weighted by Crippen LogP contribution is 2.22. The first-order valence-electron chi connectivity index (χ1n) is 5.96. The van der Waals surface area contributed by atoms with E-state index in [2.05, 4.69) is 20.8 Å². The molecule has 3 nitrogen and oxygen atoms in total. The molecule has 0 amide bonds. The highest BCUT2D eigenvalue weighted by Gasteiger charge is 2.20. The standard InChI is InChI=1S/C12H25NO2S/c1-4-7-14-9-10-15-8-5-6-12(2,3)11(13)16/h4-10H2,1-3H3,(H2,13,16). The van der Waals surface area contributed by atoms with Gasteiger partial charge in [0.15, 0.2) is 0 Å². The van der Waals surface area contributed by atoms with Crippen molar-refractivity contribution in [2.75, 3.05) is 26.4 Å². The molecule has 0 aromatic heterocycles. The van der Waals surface area contributed by atoms with Gasteiger partial charge >= 0.3 is 0 Å². The Morgan fingerprint density at radius 2 is 1.69 bits per heavy atom. The quantitative estimate of drug-likeness (QED) is 0.476. The molecule has 4 heteroatoms. The molecule has 0 unspecified atom stereocenters. The molecular formula is C12H25NO2S. The van der Waals surface area contributed by atoms with Crippen molar-refractivity contribution in [2.24, 2.45) is 11.1 Å². The van der Waals surface area contributed by atoms with Crippen LogP contribution < -0.4 is 5.73 Å². The summed E-state index contributed by atoms with van der Waals surface area (Å²) in [7, 11) is 0. The highest BCUT2D eigenvalue weighted by molar-refractivity contribution is 7.80. The molecule has 0 aromatic rings. The molecule has 0 aliphatic carbocycles. The van der Waals surface area contributed by atoms with Gasteiger partial charge < -0.3 is 15.2 Å². The zero-order valence-electron chi connectivity index (χ0n) is 10.8. The van der Waals surface area contributed by atoms with Crippen molar-refractivity contribution in [3.05, 3.63) is 0 Å². The van der Waals surface area contributed by atoms with Gasteiger partial charge in [-0.05, 0) is 19.3 Å². The van der Waals surface area contributed by atoms with Gasteiger partial charge in [-0.3, -0.25) is 0 Å².